The lowest BCUT2D eigenvalue weighted by atomic mass is 10.2. The fraction of sp³-hybridized carbons (Fsp3) is 0.0714. The molecule has 0 spiro atoms. The molecule has 0 saturated heterocycles. The lowest BCUT2D eigenvalue weighted by Gasteiger charge is -2.06. The molecule has 0 bridgehead atoms. The van der Waals surface area contributed by atoms with Crippen molar-refractivity contribution >= 4 is 23.6 Å². The summed E-state index contributed by atoms with van der Waals surface area (Å²) in [5, 5.41) is 4.56. The molecule has 0 fully saturated rings. The molecule has 1 heterocycles. The van der Waals surface area contributed by atoms with E-state index in [0.29, 0.717) is 11.3 Å². The summed E-state index contributed by atoms with van der Waals surface area (Å²) < 4.78 is 9.41. The van der Waals surface area contributed by atoms with Crippen LogP contribution in [-0.2, 0) is 4.74 Å². The van der Waals surface area contributed by atoms with Crippen molar-refractivity contribution in [3.63, 3.8) is 0 Å². The minimum absolute atomic E-state index is 0.0335. The Morgan fingerprint density at radius 3 is 2.38 bits per heavy atom. The Balaban J connectivity index is 1.93. The second kappa shape index (κ2) is 6.38. The van der Waals surface area contributed by atoms with Crippen LogP contribution in [0.25, 0.3) is 0 Å². The van der Waals surface area contributed by atoms with E-state index in [1.807, 2.05) is 0 Å². The van der Waals surface area contributed by atoms with E-state index >= 15 is 0 Å². The minimum Gasteiger partial charge on any atom is -0.465 e. The number of hydrogen-bond donors (Lipinski definition) is 2. The molecule has 0 unspecified atom stereocenters. The maximum Gasteiger partial charge on any atom is 0.337 e. The van der Waals surface area contributed by atoms with E-state index in [4.69, 9.17) is 4.42 Å². The molecule has 108 valence electrons. The zero-order valence-electron chi connectivity index (χ0n) is 11.1. The molecule has 21 heavy (non-hydrogen) atoms. The Morgan fingerprint density at radius 1 is 1.10 bits per heavy atom. The SMILES string of the molecule is COC(=O)c1ccc(NC(=O)NC(=O)c2ccco2)cc1. The largest absolute Gasteiger partial charge is 0.465 e. The van der Waals surface area contributed by atoms with Crippen LogP contribution in [0, 0.1) is 0 Å². The lowest BCUT2D eigenvalue weighted by molar-refractivity contribution is 0.0600. The van der Waals surface area contributed by atoms with Gasteiger partial charge in [0.05, 0.1) is 18.9 Å². The van der Waals surface area contributed by atoms with Gasteiger partial charge in [0.1, 0.15) is 0 Å². The highest BCUT2D eigenvalue weighted by atomic mass is 16.5. The van der Waals surface area contributed by atoms with Gasteiger partial charge in [0.25, 0.3) is 5.91 Å². The molecule has 0 atom stereocenters. The van der Waals surface area contributed by atoms with Crippen LogP contribution in [0.15, 0.2) is 47.1 Å². The van der Waals surface area contributed by atoms with Crippen molar-refractivity contribution in [3.05, 3.63) is 54.0 Å². The average Bonchev–Trinajstić information content (AvgIpc) is 3.01. The molecule has 0 aliphatic carbocycles. The summed E-state index contributed by atoms with van der Waals surface area (Å²) in [6.07, 6.45) is 1.33. The second-order valence-electron chi connectivity index (χ2n) is 3.95. The first-order chi connectivity index (χ1) is 10.1. The molecule has 2 N–H and O–H groups in total. The standard InChI is InChI=1S/C14H12N2O5/c1-20-13(18)9-4-6-10(7-5-9)15-14(19)16-12(17)11-3-2-8-21-11/h2-8H,1H3,(H2,15,16,17,19). The predicted octanol–water partition coefficient (Wildman–Crippen LogP) is 2.03. The number of carbonyl (C=O) groups excluding carboxylic acids is 3. The van der Waals surface area contributed by atoms with E-state index in [1.54, 1.807) is 6.07 Å². The number of imide groups is 1. The Labute approximate surface area is 119 Å². The summed E-state index contributed by atoms with van der Waals surface area (Å²) in [7, 11) is 1.28. The number of amides is 3. The van der Waals surface area contributed by atoms with Gasteiger partial charge in [-0.3, -0.25) is 10.1 Å². The van der Waals surface area contributed by atoms with Crippen LogP contribution in [0.4, 0.5) is 10.5 Å². The van der Waals surface area contributed by atoms with Crippen molar-refractivity contribution in [2.75, 3.05) is 12.4 Å². The summed E-state index contributed by atoms with van der Waals surface area (Å²) in [4.78, 5) is 34.4. The molecule has 3 amide bonds. The van der Waals surface area contributed by atoms with Crippen LogP contribution < -0.4 is 10.6 Å². The number of rotatable bonds is 3. The van der Waals surface area contributed by atoms with Crippen molar-refractivity contribution in [2.24, 2.45) is 0 Å². The van der Waals surface area contributed by atoms with Gasteiger partial charge in [0.15, 0.2) is 5.76 Å². The number of ether oxygens (including phenoxy) is 1. The Kier molecular flexibility index (Phi) is 4.35. The quantitative estimate of drug-likeness (QED) is 0.842. The Bertz CT molecular complexity index is 647. The summed E-state index contributed by atoms with van der Waals surface area (Å²) in [6.45, 7) is 0. The number of nitrogens with one attached hydrogen (secondary N) is 2. The van der Waals surface area contributed by atoms with Crippen molar-refractivity contribution in [1.82, 2.24) is 5.32 Å². The molecule has 0 saturated carbocycles. The molecule has 0 aliphatic rings. The molecule has 1 aromatic heterocycles. The summed E-state index contributed by atoms with van der Waals surface area (Å²) in [5.74, 6) is -1.09. The van der Waals surface area contributed by atoms with Crippen LogP contribution in [0.3, 0.4) is 0 Å². The van der Waals surface area contributed by atoms with E-state index in [1.165, 1.54) is 43.7 Å². The van der Waals surface area contributed by atoms with Crippen molar-refractivity contribution < 1.29 is 23.5 Å². The van der Waals surface area contributed by atoms with Gasteiger partial charge in [-0.25, -0.2) is 9.59 Å². The fourth-order valence-electron chi connectivity index (χ4n) is 1.54. The zero-order chi connectivity index (χ0) is 15.2. The average molecular weight is 288 g/mol. The van der Waals surface area contributed by atoms with Gasteiger partial charge in [0, 0.05) is 5.69 Å². The van der Waals surface area contributed by atoms with E-state index in [0.717, 1.165) is 0 Å². The number of anilines is 1. The number of urea groups is 1. The number of esters is 1. The van der Waals surface area contributed by atoms with Crippen molar-refractivity contribution in [2.45, 2.75) is 0 Å². The van der Waals surface area contributed by atoms with Crippen molar-refractivity contribution in [3.8, 4) is 0 Å². The summed E-state index contributed by atoms with van der Waals surface area (Å²) >= 11 is 0. The normalized spacial score (nSPS) is 9.76. The maximum atomic E-state index is 11.6. The van der Waals surface area contributed by atoms with Gasteiger partial charge in [-0.2, -0.15) is 0 Å². The third-order valence-corrected chi connectivity index (χ3v) is 2.54. The van der Waals surface area contributed by atoms with Crippen LogP contribution in [0.2, 0.25) is 0 Å². The maximum absolute atomic E-state index is 11.6. The molecular weight excluding hydrogens is 276 g/mol. The smallest absolute Gasteiger partial charge is 0.337 e. The fourth-order valence-corrected chi connectivity index (χ4v) is 1.54. The number of methoxy groups -OCH3 is 1. The molecule has 0 aliphatic heterocycles. The van der Waals surface area contributed by atoms with E-state index < -0.39 is 17.9 Å². The first-order valence-corrected chi connectivity index (χ1v) is 5.94. The monoisotopic (exact) mass is 288 g/mol. The lowest BCUT2D eigenvalue weighted by Crippen LogP contribution is -2.34. The molecule has 2 rings (SSSR count). The molecule has 1 aromatic carbocycles. The van der Waals surface area contributed by atoms with Crippen LogP contribution in [0.5, 0.6) is 0 Å². The van der Waals surface area contributed by atoms with E-state index in [2.05, 4.69) is 15.4 Å². The van der Waals surface area contributed by atoms with Crippen molar-refractivity contribution in [1.29, 1.82) is 0 Å². The van der Waals surface area contributed by atoms with E-state index in [-0.39, 0.29) is 5.76 Å². The minimum atomic E-state index is -0.706. The molecule has 0 radical (unpaired) electrons. The molecule has 2 aromatic rings. The van der Waals surface area contributed by atoms with E-state index in [9.17, 15) is 14.4 Å². The summed E-state index contributed by atoms with van der Waals surface area (Å²) in [5.41, 5.74) is 0.780. The summed E-state index contributed by atoms with van der Waals surface area (Å²) in [6, 6.07) is 8.30. The van der Waals surface area contributed by atoms with Gasteiger partial charge < -0.3 is 14.5 Å². The number of hydrogen-bond acceptors (Lipinski definition) is 5. The highest BCUT2D eigenvalue weighted by molar-refractivity contribution is 6.06. The molecule has 7 nitrogen and oxygen atoms in total. The highest BCUT2D eigenvalue weighted by Crippen LogP contribution is 2.10. The van der Waals surface area contributed by atoms with Gasteiger partial charge in [-0.15, -0.1) is 0 Å². The number of carbonyl (C=O) groups is 3. The van der Waals surface area contributed by atoms with Crippen LogP contribution in [-0.4, -0.2) is 25.0 Å². The van der Waals surface area contributed by atoms with Gasteiger partial charge in [-0.05, 0) is 36.4 Å². The molecular formula is C14H12N2O5. The van der Waals surface area contributed by atoms with Gasteiger partial charge >= 0.3 is 12.0 Å². The third kappa shape index (κ3) is 3.69. The van der Waals surface area contributed by atoms with Gasteiger partial charge in [-0.1, -0.05) is 0 Å². The van der Waals surface area contributed by atoms with Crippen LogP contribution in [0.1, 0.15) is 20.9 Å². The number of furan rings is 1. The number of benzene rings is 1. The Morgan fingerprint density at radius 2 is 1.81 bits per heavy atom. The van der Waals surface area contributed by atoms with Gasteiger partial charge in [0.2, 0.25) is 0 Å². The Hall–Kier alpha value is -3.09. The van der Waals surface area contributed by atoms with Crippen LogP contribution >= 0.6 is 0 Å². The first-order valence-electron chi connectivity index (χ1n) is 5.94. The first kappa shape index (κ1) is 14.3. The third-order valence-electron chi connectivity index (χ3n) is 2.54. The molecule has 7 heteroatoms. The highest BCUT2D eigenvalue weighted by Gasteiger charge is 2.12. The zero-order valence-corrected chi connectivity index (χ0v) is 11.1. The topological polar surface area (TPSA) is 97.6 Å². The second-order valence-corrected chi connectivity index (χ2v) is 3.95. The predicted molar refractivity (Wildman–Crippen MR) is 73.0 cm³/mol.